The standard InChI is InChI=1S/C22H27F3N4O2/c1-3-27-21(29-13-18-5-4-6-19(11-18)20(30)26-2)28-12-16-7-9-17(10-8-16)14-31-15-22(23,24)25/h4-11H,3,12-15H2,1-2H3,(H,26,30)(H2,27,28,29). The monoisotopic (exact) mass is 436 g/mol. The normalized spacial score (nSPS) is 11.8. The van der Waals surface area contributed by atoms with Crippen LogP contribution in [-0.4, -0.2) is 38.2 Å². The van der Waals surface area contributed by atoms with Crippen molar-refractivity contribution in [2.45, 2.75) is 32.8 Å². The van der Waals surface area contributed by atoms with E-state index in [1.54, 1.807) is 31.3 Å². The number of hydrogen-bond acceptors (Lipinski definition) is 3. The molecule has 6 nitrogen and oxygen atoms in total. The van der Waals surface area contributed by atoms with Gasteiger partial charge in [0.1, 0.15) is 6.61 Å². The van der Waals surface area contributed by atoms with Crippen LogP contribution in [0.4, 0.5) is 13.2 Å². The highest BCUT2D eigenvalue weighted by molar-refractivity contribution is 5.94. The van der Waals surface area contributed by atoms with Crippen molar-refractivity contribution in [2.75, 3.05) is 20.2 Å². The van der Waals surface area contributed by atoms with Crippen molar-refractivity contribution in [1.82, 2.24) is 16.0 Å². The topological polar surface area (TPSA) is 74.8 Å². The third-order valence-electron chi connectivity index (χ3n) is 4.20. The number of nitrogens with zero attached hydrogens (tertiary/aromatic N) is 1. The summed E-state index contributed by atoms with van der Waals surface area (Å²) in [7, 11) is 1.59. The van der Waals surface area contributed by atoms with E-state index in [0.29, 0.717) is 36.7 Å². The minimum Gasteiger partial charge on any atom is -0.367 e. The molecule has 0 aliphatic rings. The van der Waals surface area contributed by atoms with Crippen LogP contribution < -0.4 is 16.0 Å². The number of aliphatic imine (C=N–C) groups is 1. The zero-order valence-corrected chi connectivity index (χ0v) is 17.6. The van der Waals surface area contributed by atoms with Gasteiger partial charge in [-0.1, -0.05) is 36.4 Å². The van der Waals surface area contributed by atoms with Crippen LogP contribution in [0.1, 0.15) is 34.0 Å². The minimum absolute atomic E-state index is 0.0908. The predicted molar refractivity (Wildman–Crippen MR) is 114 cm³/mol. The Bertz CT molecular complexity index is 868. The van der Waals surface area contributed by atoms with Crippen LogP contribution in [0.2, 0.25) is 0 Å². The van der Waals surface area contributed by atoms with Gasteiger partial charge in [-0.2, -0.15) is 13.2 Å². The fourth-order valence-corrected chi connectivity index (χ4v) is 2.69. The number of carbonyl (C=O) groups is 1. The highest BCUT2D eigenvalue weighted by Crippen LogP contribution is 2.16. The Morgan fingerprint density at radius 3 is 2.39 bits per heavy atom. The quantitative estimate of drug-likeness (QED) is 0.416. The SMILES string of the molecule is CCNC(=NCc1cccc(C(=O)NC)c1)NCc1ccc(COCC(F)(F)F)cc1. The first-order valence-corrected chi connectivity index (χ1v) is 9.86. The van der Waals surface area contributed by atoms with Gasteiger partial charge in [0.15, 0.2) is 5.96 Å². The van der Waals surface area contributed by atoms with Crippen LogP contribution in [-0.2, 0) is 24.4 Å². The van der Waals surface area contributed by atoms with Crippen LogP contribution in [0, 0.1) is 0 Å². The van der Waals surface area contributed by atoms with Crippen molar-refractivity contribution in [3.05, 3.63) is 70.8 Å². The summed E-state index contributed by atoms with van der Waals surface area (Å²) in [6.07, 6.45) is -4.32. The van der Waals surface area contributed by atoms with Crippen LogP contribution in [0.15, 0.2) is 53.5 Å². The number of guanidine groups is 1. The smallest absolute Gasteiger partial charge is 0.367 e. The number of carbonyl (C=O) groups excluding carboxylic acids is 1. The van der Waals surface area contributed by atoms with E-state index in [1.165, 1.54) is 0 Å². The molecule has 3 N–H and O–H groups in total. The number of halogens is 3. The van der Waals surface area contributed by atoms with Crippen LogP contribution in [0.3, 0.4) is 0 Å². The van der Waals surface area contributed by atoms with Gasteiger partial charge in [0.05, 0.1) is 13.2 Å². The fraction of sp³-hybridized carbons (Fsp3) is 0.364. The molecule has 0 atom stereocenters. The fourth-order valence-electron chi connectivity index (χ4n) is 2.69. The molecule has 0 radical (unpaired) electrons. The second-order valence-corrected chi connectivity index (χ2v) is 6.75. The van der Waals surface area contributed by atoms with Crippen LogP contribution in [0.25, 0.3) is 0 Å². The average molecular weight is 436 g/mol. The Kier molecular flexibility index (Phi) is 9.33. The molecule has 2 rings (SSSR count). The molecule has 0 unspecified atom stereocenters. The zero-order chi connectivity index (χ0) is 22.7. The molecular formula is C22H27F3N4O2. The summed E-state index contributed by atoms with van der Waals surface area (Å²) >= 11 is 0. The number of nitrogens with one attached hydrogen (secondary N) is 3. The average Bonchev–Trinajstić information content (AvgIpc) is 2.75. The maximum Gasteiger partial charge on any atom is 0.411 e. The Labute approximate surface area is 179 Å². The Hall–Kier alpha value is -3.07. The summed E-state index contributed by atoms with van der Waals surface area (Å²) in [6.45, 7) is 2.18. The van der Waals surface area contributed by atoms with E-state index in [2.05, 4.69) is 25.7 Å². The van der Waals surface area contributed by atoms with Crippen molar-refractivity contribution in [3.8, 4) is 0 Å². The van der Waals surface area contributed by atoms with E-state index < -0.39 is 12.8 Å². The second kappa shape index (κ2) is 11.9. The van der Waals surface area contributed by atoms with Crippen LogP contribution >= 0.6 is 0 Å². The molecule has 0 saturated carbocycles. The van der Waals surface area contributed by atoms with Gasteiger partial charge in [-0.25, -0.2) is 4.99 Å². The second-order valence-electron chi connectivity index (χ2n) is 6.75. The Morgan fingerprint density at radius 1 is 1.03 bits per heavy atom. The molecule has 0 fully saturated rings. The molecule has 1 amide bonds. The largest absolute Gasteiger partial charge is 0.411 e. The molecule has 9 heteroatoms. The van der Waals surface area contributed by atoms with Crippen molar-refractivity contribution in [2.24, 2.45) is 4.99 Å². The molecule has 0 saturated heterocycles. The van der Waals surface area contributed by atoms with E-state index in [-0.39, 0.29) is 12.5 Å². The highest BCUT2D eigenvalue weighted by Gasteiger charge is 2.27. The van der Waals surface area contributed by atoms with Gasteiger partial charge in [-0.05, 0) is 35.7 Å². The Morgan fingerprint density at radius 2 is 1.74 bits per heavy atom. The van der Waals surface area contributed by atoms with E-state index in [0.717, 1.165) is 11.1 Å². The van der Waals surface area contributed by atoms with Crippen molar-refractivity contribution < 1.29 is 22.7 Å². The molecule has 0 bridgehead atoms. The van der Waals surface area contributed by atoms with E-state index >= 15 is 0 Å². The van der Waals surface area contributed by atoms with Gasteiger partial charge >= 0.3 is 6.18 Å². The zero-order valence-electron chi connectivity index (χ0n) is 17.6. The summed E-state index contributed by atoms with van der Waals surface area (Å²) in [5.41, 5.74) is 3.10. The van der Waals surface area contributed by atoms with Gasteiger partial charge in [0, 0.05) is 25.7 Å². The molecule has 0 aliphatic carbocycles. The Balaban J connectivity index is 1.91. The van der Waals surface area contributed by atoms with Gasteiger partial charge in [0.25, 0.3) is 5.91 Å². The summed E-state index contributed by atoms with van der Waals surface area (Å²) in [5.74, 6) is 0.466. The molecule has 0 spiro atoms. The molecule has 31 heavy (non-hydrogen) atoms. The first kappa shape index (κ1) is 24.2. The molecule has 2 aromatic carbocycles. The lowest BCUT2D eigenvalue weighted by molar-refractivity contribution is -0.176. The summed E-state index contributed by atoms with van der Waals surface area (Å²) in [6, 6.07) is 14.4. The predicted octanol–water partition coefficient (Wildman–Crippen LogP) is 3.38. The van der Waals surface area contributed by atoms with Gasteiger partial charge in [-0.3, -0.25) is 4.79 Å². The van der Waals surface area contributed by atoms with Crippen molar-refractivity contribution >= 4 is 11.9 Å². The molecule has 0 aromatic heterocycles. The molecule has 0 aliphatic heterocycles. The lowest BCUT2D eigenvalue weighted by Crippen LogP contribution is -2.36. The van der Waals surface area contributed by atoms with E-state index in [4.69, 9.17) is 0 Å². The molecule has 168 valence electrons. The third kappa shape index (κ3) is 9.08. The minimum atomic E-state index is -4.32. The number of amides is 1. The number of benzene rings is 2. The summed E-state index contributed by atoms with van der Waals surface area (Å²) < 4.78 is 41.1. The molecule has 2 aromatic rings. The van der Waals surface area contributed by atoms with Crippen molar-refractivity contribution in [3.63, 3.8) is 0 Å². The summed E-state index contributed by atoms with van der Waals surface area (Å²) in [4.78, 5) is 16.3. The summed E-state index contributed by atoms with van der Waals surface area (Å²) in [5, 5.41) is 8.97. The first-order valence-electron chi connectivity index (χ1n) is 9.86. The molecular weight excluding hydrogens is 409 g/mol. The number of ether oxygens (including phenoxy) is 1. The maximum absolute atomic E-state index is 12.1. The lowest BCUT2D eigenvalue weighted by atomic mass is 10.1. The number of rotatable bonds is 9. The van der Waals surface area contributed by atoms with Crippen molar-refractivity contribution in [1.29, 1.82) is 0 Å². The van der Waals surface area contributed by atoms with Gasteiger partial charge in [0.2, 0.25) is 0 Å². The van der Waals surface area contributed by atoms with Gasteiger partial charge in [-0.15, -0.1) is 0 Å². The lowest BCUT2D eigenvalue weighted by Gasteiger charge is -2.12. The van der Waals surface area contributed by atoms with E-state index in [9.17, 15) is 18.0 Å². The van der Waals surface area contributed by atoms with E-state index in [1.807, 2.05) is 31.2 Å². The van der Waals surface area contributed by atoms with Crippen LogP contribution in [0.5, 0.6) is 0 Å². The number of alkyl halides is 3. The first-order chi connectivity index (χ1) is 14.8. The maximum atomic E-state index is 12.1. The number of hydrogen-bond donors (Lipinski definition) is 3. The molecule has 0 heterocycles. The third-order valence-corrected chi connectivity index (χ3v) is 4.20. The van der Waals surface area contributed by atoms with Gasteiger partial charge < -0.3 is 20.7 Å². The highest BCUT2D eigenvalue weighted by atomic mass is 19.4.